The second-order valence-corrected chi connectivity index (χ2v) is 4.00. The van der Waals surface area contributed by atoms with Crippen molar-refractivity contribution < 1.29 is 24.3 Å². The van der Waals surface area contributed by atoms with Crippen molar-refractivity contribution in [2.75, 3.05) is 7.11 Å². The Morgan fingerprint density at radius 3 is 2.48 bits per heavy atom. The third kappa shape index (κ3) is 3.08. The Balaban J connectivity index is 2.50. The van der Waals surface area contributed by atoms with Gasteiger partial charge in [0.15, 0.2) is 0 Å². The number of aromatic carboxylic acids is 1. The van der Waals surface area contributed by atoms with Gasteiger partial charge in [-0.2, -0.15) is 0 Å². The van der Waals surface area contributed by atoms with Gasteiger partial charge in [0.1, 0.15) is 17.1 Å². The van der Waals surface area contributed by atoms with Crippen LogP contribution in [-0.4, -0.2) is 23.1 Å². The molecule has 0 amide bonds. The summed E-state index contributed by atoms with van der Waals surface area (Å²) in [6.07, 6.45) is 0. The molecule has 0 bridgehead atoms. The van der Waals surface area contributed by atoms with Crippen molar-refractivity contribution >= 4 is 11.7 Å². The molecule has 0 aliphatic rings. The van der Waals surface area contributed by atoms with Crippen LogP contribution in [0.15, 0.2) is 42.5 Å². The minimum Gasteiger partial charge on any atom is -0.497 e. The third-order valence-corrected chi connectivity index (χ3v) is 2.68. The van der Waals surface area contributed by atoms with Gasteiger partial charge < -0.3 is 14.6 Å². The number of carboxylic acids is 1. The molecule has 0 atom stereocenters. The Morgan fingerprint density at radius 2 is 1.86 bits per heavy atom. The first-order valence-corrected chi connectivity index (χ1v) is 5.85. The zero-order chi connectivity index (χ0) is 15.4. The van der Waals surface area contributed by atoms with Gasteiger partial charge in [-0.15, -0.1) is 0 Å². The third-order valence-electron chi connectivity index (χ3n) is 2.68. The number of nitro benzene ring substituents is 1. The van der Waals surface area contributed by atoms with E-state index in [2.05, 4.69) is 0 Å². The van der Waals surface area contributed by atoms with Crippen LogP contribution in [0.5, 0.6) is 17.2 Å². The van der Waals surface area contributed by atoms with E-state index in [-0.39, 0.29) is 17.1 Å². The molecule has 0 heterocycles. The highest BCUT2D eigenvalue weighted by Crippen LogP contribution is 2.35. The van der Waals surface area contributed by atoms with Crippen LogP contribution in [0.4, 0.5) is 5.69 Å². The molecule has 0 fully saturated rings. The summed E-state index contributed by atoms with van der Waals surface area (Å²) in [5.74, 6) is -0.894. The Kier molecular flexibility index (Phi) is 4.03. The van der Waals surface area contributed by atoms with Crippen LogP contribution in [0.2, 0.25) is 0 Å². The van der Waals surface area contributed by atoms with E-state index >= 15 is 0 Å². The first-order chi connectivity index (χ1) is 10.0. The maximum atomic E-state index is 11.2. The summed E-state index contributed by atoms with van der Waals surface area (Å²) in [6, 6.07) is 10.1. The molecule has 1 N–H and O–H groups in total. The highest BCUT2D eigenvalue weighted by Gasteiger charge is 2.23. The van der Waals surface area contributed by atoms with E-state index in [1.54, 1.807) is 18.2 Å². The fourth-order valence-electron chi connectivity index (χ4n) is 1.73. The molecule has 0 spiro atoms. The van der Waals surface area contributed by atoms with E-state index in [0.717, 1.165) is 0 Å². The van der Waals surface area contributed by atoms with Crippen LogP contribution in [0.25, 0.3) is 0 Å². The van der Waals surface area contributed by atoms with Gasteiger partial charge in [0.25, 0.3) is 0 Å². The van der Waals surface area contributed by atoms with Gasteiger partial charge in [0.2, 0.25) is 5.75 Å². The Morgan fingerprint density at radius 1 is 1.19 bits per heavy atom. The van der Waals surface area contributed by atoms with Crippen molar-refractivity contribution in [2.24, 2.45) is 0 Å². The summed E-state index contributed by atoms with van der Waals surface area (Å²) in [7, 11) is 1.47. The second kappa shape index (κ2) is 5.91. The molecule has 0 unspecified atom stereocenters. The Hall–Kier alpha value is -3.09. The van der Waals surface area contributed by atoms with Crippen LogP contribution in [0, 0.1) is 10.1 Å². The van der Waals surface area contributed by atoms with Gasteiger partial charge >= 0.3 is 11.7 Å². The summed E-state index contributed by atoms with van der Waals surface area (Å²) in [6.45, 7) is 0. The molecule has 2 rings (SSSR count). The maximum absolute atomic E-state index is 11.2. The molecule has 7 heteroatoms. The highest BCUT2D eigenvalue weighted by atomic mass is 16.6. The molecule has 0 aromatic heterocycles. The molecule has 7 nitrogen and oxygen atoms in total. The lowest BCUT2D eigenvalue weighted by Gasteiger charge is -2.10. The van der Waals surface area contributed by atoms with Crippen LogP contribution >= 0.6 is 0 Å². The van der Waals surface area contributed by atoms with Gasteiger partial charge in [0.05, 0.1) is 12.0 Å². The summed E-state index contributed by atoms with van der Waals surface area (Å²) in [5.41, 5.74) is -0.704. The first-order valence-electron chi connectivity index (χ1n) is 5.85. The number of nitrogens with zero attached hydrogens (tertiary/aromatic N) is 1. The molecule has 21 heavy (non-hydrogen) atoms. The van der Waals surface area contributed by atoms with Crippen molar-refractivity contribution in [3.63, 3.8) is 0 Å². The molecule has 0 aliphatic heterocycles. The van der Waals surface area contributed by atoms with Gasteiger partial charge in [-0.05, 0) is 18.2 Å². The molecule has 0 aliphatic carbocycles. The number of benzene rings is 2. The SMILES string of the molecule is COc1cccc(Oc2c(C(=O)O)cccc2[N+](=O)[O-])c1. The number of hydrogen-bond donors (Lipinski definition) is 1. The second-order valence-electron chi connectivity index (χ2n) is 4.00. The zero-order valence-corrected chi connectivity index (χ0v) is 11.0. The molecule has 2 aromatic rings. The topological polar surface area (TPSA) is 98.9 Å². The predicted octanol–water partition coefficient (Wildman–Crippen LogP) is 3.09. The van der Waals surface area contributed by atoms with E-state index in [4.69, 9.17) is 14.6 Å². The number of carbonyl (C=O) groups is 1. The monoisotopic (exact) mass is 289 g/mol. The Labute approximate surface area is 119 Å². The summed E-state index contributed by atoms with van der Waals surface area (Å²) >= 11 is 0. The Bertz CT molecular complexity index is 665. The summed E-state index contributed by atoms with van der Waals surface area (Å²) in [5, 5.41) is 20.1. The smallest absolute Gasteiger partial charge is 0.339 e. The molecular formula is C14H11NO6. The van der Waals surface area contributed by atoms with E-state index in [9.17, 15) is 14.9 Å². The van der Waals surface area contributed by atoms with Crippen molar-refractivity contribution in [2.45, 2.75) is 0 Å². The standard InChI is InChI=1S/C14H11NO6/c1-20-9-4-2-5-10(8-9)21-13-11(14(16)17)6-3-7-12(13)15(18)19/h2-8H,1H3,(H,16,17). The lowest BCUT2D eigenvalue weighted by molar-refractivity contribution is -0.385. The van der Waals surface area contributed by atoms with E-state index in [1.807, 2.05) is 0 Å². The average molecular weight is 289 g/mol. The number of hydrogen-bond acceptors (Lipinski definition) is 5. The van der Waals surface area contributed by atoms with Crippen LogP contribution in [-0.2, 0) is 0 Å². The minimum atomic E-state index is -1.31. The van der Waals surface area contributed by atoms with Crippen molar-refractivity contribution in [1.82, 2.24) is 0 Å². The molecular weight excluding hydrogens is 278 g/mol. The predicted molar refractivity (Wildman–Crippen MR) is 73.1 cm³/mol. The normalized spacial score (nSPS) is 9.95. The first kappa shape index (κ1) is 14.3. The van der Waals surface area contributed by atoms with Crippen molar-refractivity contribution in [3.05, 3.63) is 58.1 Å². The van der Waals surface area contributed by atoms with E-state index < -0.39 is 16.6 Å². The number of nitro groups is 1. The fourth-order valence-corrected chi connectivity index (χ4v) is 1.73. The summed E-state index contributed by atoms with van der Waals surface area (Å²) < 4.78 is 10.4. The number of methoxy groups -OCH3 is 1. The zero-order valence-electron chi connectivity index (χ0n) is 11.0. The maximum Gasteiger partial charge on any atom is 0.339 e. The van der Waals surface area contributed by atoms with Crippen LogP contribution in [0.1, 0.15) is 10.4 Å². The summed E-state index contributed by atoms with van der Waals surface area (Å²) in [4.78, 5) is 21.5. The van der Waals surface area contributed by atoms with Gasteiger partial charge in [-0.25, -0.2) is 4.79 Å². The number of ether oxygens (including phenoxy) is 2. The fraction of sp³-hybridized carbons (Fsp3) is 0.0714. The van der Waals surface area contributed by atoms with Crippen molar-refractivity contribution in [3.8, 4) is 17.2 Å². The molecule has 108 valence electrons. The van der Waals surface area contributed by atoms with Crippen molar-refractivity contribution in [1.29, 1.82) is 0 Å². The highest BCUT2D eigenvalue weighted by molar-refractivity contribution is 5.92. The minimum absolute atomic E-state index is 0.242. The lowest BCUT2D eigenvalue weighted by atomic mass is 10.1. The van der Waals surface area contributed by atoms with Crippen LogP contribution in [0.3, 0.4) is 0 Å². The number of para-hydroxylation sites is 1. The molecule has 2 aromatic carbocycles. The largest absolute Gasteiger partial charge is 0.497 e. The molecule has 0 radical (unpaired) electrons. The molecule has 0 saturated carbocycles. The molecule has 0 saturated heterocycles. The average Bonchev–Trinajstić information content (AvgIpc) is 2.47. The lowest BCUT2D eigenvalue weighted by Crippen LogP contribution is -2.03. The van der Waals surface area contributed by atoms with E-state index in [1.165, 1.54) is 31.4 Å². The van der Waals surface area contributed by atoms with Gasteiger partial charge in [-0.1, -0.05) is 12.1 Å². The number of carboxylic acid groups (broad SMARTS) is 1. The van der Waals surface area contributed by atoms with Gasteiger partial charge in [0, 0.05) is 12.1 Å². The van der Waals surface area contributed by atoms with Gasteiger partial charge in [-0.3, -0.25) is 10.1 Å². The van der Waals surface area contributed by atoms with Crippen LogP contribution < -0.4 is 9.47 Å². The number of rotatable bonds is 5. The van der Waals surface area contributed by atoms with E-state index in [0.29, 0.717) is 5.75 Å². The quantitative estimate of drug-likeness (QED) is 0.670.